The highest BCUT2D eigenvalue weighted by Crippen LogP contribution is 2.16. The molecule has 27 heavy (non-hydrogen) atoms. The van der Waals surface area contributed by atoms with E-state index < -0.39 is 5.91 Å². The monoisotopic (exact) mass is 360 g/mol. The fourth-order valence-corrected chi connectivity index (χ4v) is 2.50. The molecule has 1 N–H and O–H groups in total. The van der Waals surface area contributed by atoms with E-state index in [1.165, 1.54) is 5.56 Å². The summed E-state index contributed by atoms with van der Waals surface area (Å²) in [5, 5.41) is 14.6. The maximum atomic E-state index is 12.3. The first-order valence-corrected chi connectivity index (χ1v) is 8.45. The maximum Gasteiger partial charge on any atom is 0.316 e. The van der Waals surface area contributed by atoms with E-state index in [0.29, 0.717) is 11.4 Å². The number of nitrogens with one attached hydrogen (secondary N) is 1. The molecule has 4 aromatic rings. The number of nitrogens with zero attached hydrogens (tertiary/aromatic N) is 5. The molecule has 0 aliphatic heterocycles. The van der Waals surface area contributed by atoms with Crippen molar-refractivity contribution in [2.75, 3.05) is 5.32 Å². The van der Waals surface area contributed by atoms with Gasteiger partial charge in [0.05, 0.1) is 11.9 Å². The van der Waals surface area contributed by atoms with Crippen molar-refractivity contribution >= 4 is 11.6 Å². The molecular formula is C19H16N6O2. The standard InChI is InChI=1S/C19H16N6O2/c1-2-13-8-10-14(11-9-13)20-18(26)19-21-17(23-27-19)16-12-25(24-22-16)15-6-4-3-5-7-15/h3-12H,2H2,1H3,(H,20,26). The van der Waals surface area contributed by atoms with Crippen molar-refractivity contribution in [1.29, 1.82) is 0 Å². The largest absolute Gasteiger partial charge is 0.328 e. The predicted molar refractivity (Wildman–Crippen MR) is 98.4 cm³/mol. The van der Waals surface area contributed by atoms with Crippen molar-refractivity contribution in [3.63, 3.8) is 0 Å². The van der Waals surface area contributed by atoms with E-state index in [-0.39, 0.29) is 11.7 Å². The summed E-state index contributed by atoms with van der Waals surface area (Å²) in [6, 6.07) is 17.1. The van der Waals surface area contributed by atoms with Crippen LogP contribution >= 0.6 is 0 Å². The van der Waals surface area contributed by atoms with Crippen LogP contribution in [0.4, 0.5) is 5.69 Å². The normalized spacial score (nSPS) is 10.7. The lowest BCUT2D eigenvalue weighted by molar-refractivity contribution is 0.0981. The Kier molecular flexibility index (Phi) is 4.44. The fraction of sp³-hybridized carbons (Fsp3) is 0.105. The highest BCUT2D eigenvalue weighted by Gasteiger charge is 2.18. The number of benzene rings is 2. The van der Waals surface area contributed by atoms with Gasteiger partial charge in [-0.3, -0.25) is 4.79 Å². The first-order chi connectivity index (χ1) is 13.2. The van der Waals surface area contributed by atoms with Gasteiger partial charge in [-0.15, -0.1) is 5.10 Å². The highest BCUT2D eigenvalue weighted by molar-refractivity contribution is 6.01. The quantitative estimate of drug-likeness (QED) is 0.587. The molecule has 2 aromatic carbocycles. The molecule has 2 aromatic heterocycles. The van der Waals surface area contributed by atoms with Gasteiger partial charge in [-0.05, 0) is 36.2 Å². The van der Waals surface area contributed by atoms with E-state index in [1.54, 1.807) is 10.9 Å². The molecule has 0 atom stereocenters. The van der Waals surface area contributed by atoms with Gasteiger partial charge in [0.2, 0.25) is 5.82 Å². The number of aromatic nitrogens is 5. The lowest BCUT2D eigenvalue weighted by atomic mass is 10.1. The molecule has 0 fully saturated rings. The zero-order chi connectivity index (χ0) is 18.6. The van der Waals surface area contributed by atoms with Gasteiger partial charge in [-0.1, -0.05) is 47.6 Å². The third-order valence-corrected chi connectivity index (χ3v) is 3.98. The van der Waals surface area contributed by atoms with Crippen LogP contribution in [0.3, 0.4) is 0 Å². The SMILES string of the molecule is CCc1ccc(NC(=O)c2nc(-c3cn(-c4ccccc4)nn3)no2)cc1. The molecule has 0 saturated heterocycles. The molecule has 8 heteroatoms. The van der Waals surface area contributed by atoms with E-state index in [2.05, 4.69) is 32.7 Å². The van der Waals surface area contributed by atoms with Gasteiger partial charge in [0.1, 0.15) is 0 Å². The average molecular weight is 360 g/mol. The van der Waals surface area contributed by atoms with Crippen molar-refractivity contribution in [2.45, 2.75) is 13.3 Å². The molecule has 0 unspecified atom stereocenters. The molecule has 0 radical (unpaired) electrons. The summed E-state index contributed by atoms with van der Waals surface area (Å²) in [6.45, 7) is 2.07. The Hall–Kier alpha value is -3.81. The summed E-state index contributed by atoms with van der Waals surface area (Å²) in [7, 11) is 0. The number of hydrogen-bond acceptors (Lipinski definition) is 6. The van der Waals surface area contributed by atoms with Gasteiger partial charge in [-0.2, -0.15) is 4.98 Å². The topological polar surface area (TPSA) is 98.7 Å². The van der Waals surface area contributed by atoms with E-state index in [9.17, 15) is 4.79 Å². The number of amides is 1. The molecule has 0 bridgehead atoms. The van der Waals surface area contributed by atoms with Crippen LogP contribution in [0.25, 0.3) is 17.2 Å². The fourth-order valence-electron chi connectivity index (χ4n) is 2.50. The lowest BCUT2D eigenvalue weighted by Crippen LogP contribution is -2.12. The van der Waals surface area contributed by atoms with Crippen LogP contribution < -0.4 is 5.32 Å². The van der Waals surface area contributed by atoms with Gasteiger partial charge >= 0.3 is 11.8 Å². The van der Waals surface area contributed by atoms with Gasteiger partial charge in [0.15, 0.2) is 5.69 Å². The third-order valence-electron chi connectivity index (χ3n) is 3.98. The summed E-state index contributed by atoms with van der Waals surface area (Å²) in [6.07, 6.45) is 2.61. The van der Waals surface area contributed by atoms with E-state index in [0.717, 1.165) is 12.1 Å². The molecule has 0 aliphatic carbocycles. The third kappa shape index (κ3) is 3.59. The Morgan fingerprint density at radius 3 is 2.63 bits per heavy atom. The number of aryl methyl sites for hydroxylation is 1. The summed E-state index contributed by atoms with van der Waals surface area (Å²) in [5.41, 5.74) is 3.11. The van der Waals surface area contributed by atoms with Crippen molar-refractivity contribution < 1.29 is 9.32 Å². The number of para-hydroxylation sites is 1. The zero-order valence-electron chi connectivity index (χ0n) is 14.5. The predicted octanol–water partition coefficient (Wildman–Crippen LogP) is 3.13. The van der Waals surface area contributed by atoms with Crippen molar-refractivity contribution in [2.24, 2.45) is 0 Å². The second-order valence-electron chi connectivity index (χ2n) is 5.81. The van der Waals surface area contributed by atoms with Gasteiger partial charge in [-0.25, -0.2) is 4.68 Å². The molecular weight excluding hydrogens is 344 g/mol. The number of carbonyl (C=O) groups excluding carboxylic acids is 1. The molecule has 0 spiro atoms. The minimum atomic E-state index is -0.478. The van der Waals surface area contributed by atoms with Gasteiger partial charge < -0.3 is 9.84 Å². The summed E-state index contributed by atoms with van der Waals surface area (Å²) in [5.74, 6) is -0.420. The van der Waals surface area contributed by atoms with Gasteiger partial charge in [0, 0.05) is 5.69 Å². The average Bonchev–Trinajstić information content (AvgIpc) is 3.39. The second-order valence-corrected chi connectivity index (χ2v) is 5.81. The second kappa shape index (κ2) is 7.20. The van der Waals surface area contributed by atoms with E-state index in [1.807, 2.05) is 54.6 Å². The van der Waals surface area contributed by atoms with Crippen LogP contribution in [0, 0.1) is 0 Å². The Bertz CT molecular complexity index is 1050. The summed E-state index contributed by atoms with van der Waals surface area (Å²) >= 11 is 0. The molecule has 0 saturated carbocycles. The molecule has 134 valence electrons. The van der Waals surface area contributed by atoms with E-state index >= 15 is 0 Å². The van der Waals surface area contributed by atoms with Crippen LogP contribution in [0.5, 0.6) is 0 Å². The van der Waals surface area contributed by atoms with Crippen molar-refractivity contribution in [1.82, 2.24) is 25.1 Å². The van der Waals surface area contributed by atoms with Crippen LogP contribution in [0.1, 0.15) is 23.2 Å². The van der Waals surface area contributed by atoms with Crippen LogP contribution in [0.15, 0.2) is 65.3 Å². The first kappa shape index (κ1) is 16.6. The van der Waals surface area contributed by atoms with Crippen LogP contribution in [-0.2, 0) is 6.42 Å². The first-order valence-electron chi connectivity index (χ1n) is 8.45. The number of rotatable bonds is 5. The minimum absolute atomic E-state index is 0.140. The maximum absolute atomic E-state index is 12.3. The number of anilines is 1. The summed E-state index contributed by atoms with van der Waals surface area (Å²) < 4.78 is 6.66. The van der Waals surface area contributed by atoms with Crippen molar-refractivity contribution in [3.05, 3.63) is 72.2 Å². The Morgan fingerprint density at radius 1 is 1.11 bits per heavy atom. The lowest BCUT2D eigenvalue weighted by Gasteiger charge is -2.02. The molecule has 2 heterocycles. The van der Waals surface area contributed by atoms with Crippen LogP contribution in [-0.4, -0.2) is 31.0 Å². The van der Waals surface area contributed by atoms with Crippen molar-refractivity contribution in [3.8, 4) is 17.2 Å². The number of hydrogen-bond donors (Lipinski definition) is 1. The molecule has 8 nitrogen and oxygen atoms in total. The Morgan fingerprint density at radius 2 is 1.89 bits per heavy atom. The summed E-state index contributed by atoms with van der Waals surface area (Å²) in [4.78, 5) is 16.4. The highest BCUT2D eigenvalue weighted by atomic mass is 16.5. The Balaban J connectivity index is 1.49. The molecule has 4 rings (SSSR count). The van der Waals surface area contributed by atoms with Crippen LogP contribution in [0.2, 0.25) is 0 Å². The smallest absolute Gasteiger partial charge is 0.316 e. The van der Waals surface area contributed by atoms with Gasteiger partial charge in [0.25, 0.3) is 0 Å². The van der Waals surface area contributed by atoms with E-state index in [4.69, 9.17) is 4.52 Å². The minimum Gasteiger partial charge on any atom is -0.328 e. The molecule has 0 aliphatic rings. The number of carbonyl (C=O) groups is 1. The Labute approximate surface area is 154 Å². The molecule has 1 amide bonds. The zero-order valence-corrected chi connectivity index (χ0v) is 14.5.